The first kappa shape index (κ1) is 15.3. The van der Waals surface area contributed by atoms with E-state index in [4.69, 9.17) is 0 Å². The molecule has 1 fully saturated rings. The summed E-state index contributed by atoms with van der Waals surface area (Å²) in [4.78, 5) is 16.8. The van der Waals surface area contributed by atoms with E-state index in [1.54, 1.807) is 6.20 Å². The Morgan fingerprint density at radius 1 is 1.35 bits per heavy atom. The van der Waals surface area contributed by atoms with Crippen molar-refractivity contribution in [2.45, 2.75) is 40.7 Å². The number of carbonyl (C=O) groups excluding carboxylic acids is 1. The normalized spacial score (nSPS) is 19.5. The van der Waals surface area contributed by atoms with Crippen molar-refractivity contribution >= 4 is 27.7 Å². The third-order valence-corrected chi connectivity index (χ3v) is 5.17. The van der Waals surface area contributed by atoms with Crippen molar-refractivity contribution in [2.24, 2.45) is 10.8 Å². The fourth-order valence-corrected chi connectivity index (χ4v) is 3.02. The molecule has 1 aliphatic rings. The van der Waals surface area contributed by atoms with Crippen LogP contribution in [-0.4, -0.2) is 23.5 Å². The topological polar surface area (TPSA) is 54.0 Å². The molecule has 0 aromatic carbocycles. The summed E-state index contributed by atoms with van der Waals surface area (Å²) in [5.74, 6) is 0.558. The molecule has 5 heteroatoms. The molecule has 2 N–H and O–H groups in total. The van der Waals surface area contributed by atoms with E-state index in [9.17, 15) is 4.79 Å². The number of aromatic nitrogens is 1. The van der Waals surface area contributed by atoms with E-state index in [1.165, 1.54) is 0 Å². The molecule has 0 saturated heterocycles. The summed E-state index contributed by atoms with van der Waals surface area (Å²) in [5, 5.41) is 6.26. The van der Waals surface area contributed by atoms with Gasteiger partial charge in [-0.3, -0.25) is 4.79 Å². The molecule has 0 unspecified atom stereocenters. The Morgan fingerprint density at radius 2 is 1.95 bits per heavy atom. The molecule has 0 radical (unpaired) electrons. The van der Waals surface area contributed by atoms with E-state index in [2.05, 4.69) is 59.2 Å². The lowest BCUT2D eigenvalue weighted by Gasteiger charge is -2.11. The molecule has 0 aliphatic heterocycles. The maximum absolute atomic E-state index is 12.5. The van der Waals surface area contributed by atoms with Gasteiger partial charge in [0.1, 0.15) is 5.82 Å². The van der Waals surface area contributed by atoms with Crippen LogP contribution in [-0.2, 0) is 0 Å². The molecule has 1 aliphatic carbocycles. The highest BCUT2D eigenvalue weighted by atomic mass is 79.9. The molecule has 0 bridgehead atoms. The van der Waals surface area contributed by atoms with Gasteiger partial charge in [0.25, 0.3) is 5.91 Å². The number of rotatable bonds is 4. The van der Waals surface area contributed by atoms with Crippen LogP contribution in [0.4, 0.5) is 5.82 Å². The van der Waals surface area contributed by atoms with Crippen molar-refractivity contribution in [3.63, 3.8) is 0 Å². The van der Waals surface area contributed by atoms with E-state index in [1.807, 2.05) is 13.0 Å². The predicted molar refractivity (Wildman–Crippen MR) is 84.9 cm³/mol. The first-order valence-electron chi connectivity index (χ1n) is 6.92. The molecule has 20 heavy (non-hydrogen) atoms. The highest BCUT2D eigenvalue weighted by Gasteiger charge is 2.65. The molecule has 1 aromatic rings. The fourth-order valence-electron chi connectivity index (χ4n) is 2.69. The Labute approximate surface area is 128 Å². The lowest BCUT2D eigenvalue weighted by Crippen LogP contribution is -2.30. The summed E-state index contributed by atoms with van der Waals surface area (Å²) in [5.41, 5.74) is 0.834. The number of hydrogen-bond acceptors (Lipinski definition) is 3. The average Bonchev–Trinajstić information content (AvgIpc) is 2.74. The van der Waals surface area contributed by atoms with Gasteiger partial charge in [0.05, 0.1) is 5.56 Å². The molecular weight excluding hydrogens is 318 g/mol. The molecule has 4 nitrogen and oxygen atoms in total. The molecule has 110 valence electrons. The average molecular weight is 340 g/mol. The predicted octanol–water partition coefficient (Wildman–Crippen LogP) is 3.44. The maximum Gasteiger partial charge on any atom is 0.255 e. The Kier molecular flexibility index (Phi) is 3.84. The van der Waals surface area contributed by atoms with Gasteiger partial charge in [-0.25, -0.2) is 4.98 Å². The first-order chi connectivity index (χ1) is 9.21. The summed E-state index contributed by atoms with van der Waals surface area (Å²) in [6, 6.07) is 2.00. The number of anilines is 1. The summed E-state index contributed by atoms with van der Waals surface area (Å²) in [6.07, 6.45) is 1.69. The van der Waals surface area contributed by atoms with Crippen LogP contribution in [0.25, 0.3) is 0 Å². The van der Waals surface area contributed by atoms with Crippen molar-refractivity contribution in [1.82, 2.24) is 10.3 Å². The molecule has 2 rings (SSSR count). The van der Waals surface area contributed by atoms with Crippen molar-refractivity contribution in [3.8, 4) is 0 Å². The van der Waals surface area contributed by atoms with Crippen LogP contribution in [0.1, 0.15) is 45.0 Å². The van der Waals surface area contributed by atoms with Crippen LogP contribution < -0.4 is 10.6 Å². The third kappa shape index (κ3) is 2.43. The minimum Gasteiger partial charge on any atom is -0.370 e. The number of hydrogen-bond donors (Lipinski definition) is 2. The van der Waals surface area contributed by atoms with Crippen LogP contribution in [0.15, 0.2) is 16.7 Å². The number of halogens is 1. The smallest absolute Gasteiger partial charge is 0.255 e. The molecular formula is C15H22BrN3O. The van der Waals surface area contributed by atoms with Gasteiger partial charge < -0.3 is 10.6 Å². The Hall–Kier alpha value is -1.10. The van der Waals surface area contributed by atoms with E-state index >= 15 is 0 Å². The van der Waals surface area contributed by atoms with Crippen molar-refractivity contribution in [2.75, 3.05) is 11.9 Å². The van der Waals surface area contributed by atoms with Crippen LogP contribution >= 0.6 is 15.9 Å². The van der Waals surface area contributed by atoms with E-state index in [0.717, 1.165) is 11.0 Å². The Morgan fingerprint density at radius 3 is 2.45 bits per heavy atom. The third-order valence-electron chi connectivity index (χ3n) is 4.74. The zero-order valence-corrected chi connectivity index (χ0v) is 14.3. The van der Waals surface area contributed by atoms with Gasteiger partial charge in [0.2, 0.25) is 0 Å². The fraction of sp³-hybridized carbons (Fsp3) is 0.600. The van der Waals surface area contributed by atoms with E-state index in [-0.39, 0.29) is 22.8 Å². The minimum atomic E-state index is -0.0709. The second kappa shape index (κ2) is 5.02. The van der Waals surface area contributed by atoms with Gasteiger partial charge in [-0.05, 0) is 39.8 Å². The largest absolute Gasteiger partial charge is 0.370 e. The molecule has 1 saturated carbocycles. The van der Waals surface area contributed by atoms with Crippen molar-refractivity contribution < 1.29 is 4.79 Å². The Balaban J connectivity index is 2.20. The van der Waals surface area contributed by atoms with Gasteiger partial charge >= 0.3 is 0 Å². The first-order valence-corrected chi connectivity index (χ1v) is 7.71. The maximum atomic E-state index is 12.5. The lowest BCUT2D eigenvalue weighted by molar-refractivity contribution is 0.0944. The van der Waals surface area contributed by atoms with Crippen LogP contribution in [0.3, 0.4) is 0 Å². The standard InChI is InChI=1S/C15H22BrN3O/c1-6-17-11-10(7-9(16)8-18-11)12(20)19-13-14(2,3)15(13,4)5/h7-8,13H,6H2,1-5H3,(H,17,18)(H,19,20). The highest BCUT2D eigenvalue weighted by Crippen LogP contribution is 2.62. The second-order valence-corrected chi connectivity index (χ2v) is 7.35. The van der Waals surface area contributed by atoms with Crippen LogP contribution in [0, 0.1) is 10.8 Å². The minimum absolute atomic E-state index is 0.0709. The summed E-state index contributed by atoms with van der Waals surface area (Å²) in [6.45, 7) is 11.4. The van der Waals surface area contributed by atoms with Gasteiger partial charge in [-0.15, -0.1) is 0 Å². The number of carbonyl (C=O) groups is 1. The number of nitrogens with one attached hydrogen (secondary N) is 2. The zero-order valence-electron chi connectivity index (χ0n) is 12.7. The highest BCUT2D eigenvalue weighted by molar-refractivity contribution is 9.10. The van der Waals surface area contributed by atoms with Crippen LogP contribution in [0.2, 0.25) is 0 Å². The second-order valence-electron chi connectivity index (χ2n) is 6.43. The van der Waals surface area contributed by atoms with Crippen LogP contribution in [0.5, 0.6) is 0 Å². The van der Waals surface area contributed by atoms with E-state index in [0.29, 0.717) is 11.4 Å². The Bertz CT molecular complexity index is 526. The van der Waals surface area contributed by atoms with Gasteiger partial charge in [-0.2, -0.15) is 0 Å². The summed E-state index contributed by atoms with van der Waals surface area (Å²) < 4.78 is 0.804. The van der Waals surface area contributed by atoms with Gasteiger partial charge in [0.15, 0.2) is 0 Å². The molecule has 1 amide bonds. The summed E-state index contributed by atoms with van der Waals surface area (Å²) in [7, 11) is 0. The molecule has 0 spiro atoms. The van der Waals surface area contributed by atoms with Crippen molar-refractivity contribution in [1.29, 1.82) is 0 Å². The lowest BCUT2D eigenvalue weighted by atomic mass is 10.0. The molecule has 1 aromatic heterocycles. The number of amides is 1. The number of nitrogens with zero attached hydrogens (tertiary/aromatic N) is 1. The van der Waals surface area contributed by atoms with Crippen molar-refractivity contribution in [3.05, 3.63) is 22.3 Å². The van der Waals surface area contributed by atoms with Gasteiger partial charge in [-0.1, -0.05) is 27.7 Å². The summed E-state index contributed by atoms with van der Waals surface area (Å²) >= 11 is 3.37. The van der Waals surface area contributed by atoms with E-state index < -0.39 is 0 Å². The zero-order chi connectivity index (χ0) is 15.1. The molecule has 1 heterocycles. The van der Waals surface area contributed by atoms with Gasteiger partial charge in [0, 0.05) is 23.3 Å². The molecule has 0 atom stereocenters. The SMILES string of the molecule is CCNc1ncc(Br)cc1C(=O)NC1C(C)(C)C1(C)C. The number of pyridine rings is 1. The monoisotopic (exact) mass is 339 g/mol. The quantitative estimate of drug-likeness (QED) is 0.883.